The number of oxime groups is 1. The van der Waals surface area contributed by atoms with Crippen LogP contribution in [0.1, 0.15) is 41.8 Å². The summed E-state index contributed by atoms with van der Waals surface area (Å²) in [5.74, 6) is -0.0727. The van der Waals surface area contributed by atoms with Gasteiger partial charge in [-0.3, -0.25) is 4.79 Å². The quantitative estimate of drug-likeness (QED) is 0.376. The number of nitrogens with one attached hydrogen (secondary N) is 1. The third kappa shape index (κ3) is 4.04. The van der Waals surface area contributed by atoms with Crippen LogP contribution in [0.25, 0.3) is 10.9 Å². The van der Waals surface area contributed by atoms with Crippen LogP contribution in [0.3, 0.4) is 0 Å². The van der Waals surface area contributed by atoms with E-state index in [1.54, 1.807) is 12.3 Å². The van der Waals surface area contributed by atoms with Gasteiger partial charge in [-0.25, -0.2) is 4.98 Å². The highest BCUT2D eigenvalue weighted by Gasteiger charge is 2.33. The van der Waals surface area contributed by atoms with E-state index in [9.17, 15) is 9.18 Å². The zero-order chi connectivity index (χ0) is 21.4. The molecule has 7 heteroatoms. The molecule has 0 bridgehead atoms. The van der Waals surface area contributed by atoms with Crippen molar-refractivity contribution in [2.45, 2.75) is 44.7 Å². The minimum atomic E-state index is -0.469. The van der Waals surface area contributed by atoms with E-state index in [2.05, 4.69) is 32.2 Å². The van der Waals surface area contributed by atoms with Crippen LogP contribution in [0.5, 0.6) is 0 Å². The molecule has 6 nitrogen and oxygen atoms in total. The summed E-state index contributed by atoms with van der Waals surface area (Å²) >= 11 is 0. The first-order chi connectivity index (χ1) is 15.1. The summed E-state index contributed by atoms with van der Waals surface area (Å²) in [6, 6.07) is 11.2. The molecular weight excluding hydrogens is 395 g/mol. The molecule has 1 atom stereocenters. The van der Waals surface area contributed by atoms with Gasteiger partial charge in [0, 0.05) is 28.6 Å². The molecule has 1 saturated carbocycles. The number of hydrogen-bond donors (Lipinski definition) is 1. The van der Waals surface area contributed by atoms with Crippen LogP contribution in [0.4, 0.5) is 4.39 Å². The molecule has 0 radical (unpaired) electrons. The van der Waals surface area contributed by atoms with Gasteiger partial charge in [-0.05, 0) is 67.5 Å². The maximum Gasteiger partial charge on any atom is 0.223 e. The Morgan fingerprint density at radius 1 is 1.32 bits per heavy atom. The number of hydrogen-bond acceptors (Lipinski definition) is 4. The number of halogens is 1. The Hall–Kier alpha value is -3.22. The topological polar surface area (TPSA) is 68.5 Å². The van der Waals surface area contributed by atoms with Crippen molar-refractivity contribution in [3.8, 4) is 0 Å². The van der Waals surface area contributed by atoms with Crippen molar-refractivity contribution in [1.82, 2.24) is 14.9 Å². The number of nitrogens with zero attached hydrogens (tertiary/aromatic N) is 3. The third-order valence-corrected chi connectivity index (χ3v) is 6.19. The van der Waals surface area contributed by atoms with Gasteiger partial charge in [0.1, 0.15) is 7.11 Å². The second-order valence-electron chi connectivity index (χ2n) is 8.38. The van der Waals surface area contributed by atoms with E-state index in [1.165, 1.54) is 24.4 Å². The van der Waals surface area contributed by atoms with Crippen molar-refractivity contribution in [2.24, 2.45) is 11.1 Å². The second-order valence-corrected chi connectivity index (χ2v) is 8.38. The number of fused-ring (bicyclic) bond motifs is 3. The number of aromatic nitrogens is 2. The Kier molecular flexibility index (Phi) is 5.18. The van der Waals surface area contributed by atoms with Gasteiger partial charge in [-0.15, -0.1) is 0 Å². The van der Waals surface area contributed by atoms with Gasteiger partial charge in [-0.1, -0.05) is 17.3 Å². The Balaban J connectivity index is 1.54. The molecule has 2 aliphatic rings. The predicted molar refractivity (Wildman–Crippen MR) is 117 cm³/mol. The number of amides is 1. The molecule has 0 aliphatic heterocycles. The van der Waals surface area contributed by atoms with Gasteiger partial charge < -0.3 is 14.7 Å². The molecule has 2 aliphatic carbocycles. The molecule has 1 fully saturated rings. The lowest BCUT2D eigenvalue weighted by Crippen LogP contribution is -2.39. The van der Waals surface area contributed by atoms with Gasteiger partial charge in [0.05, 0.1) is 18.5 Å². The summed E-state index contributed by atoms with van der Waals surface area (Å²) in [4.78, 5) is 21.2. The van der Waals surface area contributed by atoms with Crippen LogP contribution in [0.2, 0.25) is 0 Å². The summed E-state index contributed by atoms with van der Waals surface area (Å²) in [5.41, 5.74) is 5.20. The lowest BCUT2D eigenvalue weighted by molar-refractivity contribution is -0.123. The van der Waals surface area contributed by atoms with Crippen LogP contribution in [0, 0.1) is 11.9 Å². The Bertz CT molecular complexity index is 1170. The molecular formula is C24H25FN4O2. The molecule has 1 amide bonds. The van der Waals surface area contributed by atoms with Crippen LogP contribution in [0.15, 0.2) is 41.6 Å². The Morgan fingerprint density at radius 2 is 2.19 bits per heavy atom. The smallest absolute Gasteiger partial charge is 0.223 e. The fraction of sp³-hybridized carbons (Fsp3) is 0.375. The molecule has 160 valence electrons. The maximum atomic E-state index is 13.7. The van der Waals surface area contributed by atoms with E-state index in [0.717, 1.165) is 48.6 Å². The van der Waals surface area contributed by atoms with E-state index in [0.29, 0.717) is 12.2 Å². The number of pyridine rings is 1. The minimum Gasteiger partial charge on any atom is -0.399 e. The van der Waals surface area contributed by atoms with Gasteiger partial charge >= 0.3 is 0 Å². The average molecular weight is 420 g/mol. The van der Waals surface area contributed by atoms with E-state index in [-0.39, 0.29) is 17.9 Å². The standard InChI is InChI=1S/C24H25FN4O2/c1-31-26-13-15-5-9-21-19(11-15)20-12-17(28-24(30)16-6-7-16)8-10-22(20)29(21)14-18-3-2-4-23(25)27-18/h2-5,9,11,13,16-17H,6-8,10,12,14H2,1H3,(H,28,30)/b26-13+/t17-/m1/s1. The van der Waals surface area contributed by atoms with Crippen molar-refractivity contribution in [2.75, 3.05) is 7.11 Å². The van der Waals surface area contributed by atoms with Crippen LogP contribution < -0.4 is 5.32 Å². The Labute approximate surface area is 180 Å². The predicted octanol–water partition coefficient (Wildman–Crippen LogP) is 3.59. The number of benzene rings is 1. The molecule has 1 N–H and O–H groups in total. The maximum absolute atomic E-state index is 13.7. The largest absolute Gasteiger partial charge is 0.399 e. The van der Waals surface area contributed by atoms with E-state index >= 15 is 0 Å². The van der Waals surface area contributed by atoms with Crippen LogP contribution in [-0.4, -0.2) is 34.8 Å². The van der Waals surface area contributed by atoms with Crippen molar-refractivity contribution in [3.63, 3.8) is 0 Å². The molecule has 0 spiro atoms. The monoisotopic (exact) mass is 420 g/mol. The second kappa shape index (κ2) is 8.13. The molecule has 0 saturated heterocycles. The van der Waals surface area contributed by atoms with Gasteiger partial charge in [0.15, 0.2) is 0 Å². The first-order valence-electron chi connectivity index (χ1n) is 10.7. The average Bonchev–Trinajstić information content (AvgIpc) is 3.58. The molecule has 0 unspecified atom stereocenters. The highest BCUT2D eigenvalue weighted by Crippen LogP contribution is 2.34. The SMILES string of the molecule is CO/N=C/c1ccc2c(c1)c1c(n2Cc2cccc(F)n2)CC[C@@H](NC(=O)C2CC2)C1. The zero-order valence-electron chi connectivity index (χ0n) is 17.5. The molecule has 31 heavy (non-hydrogen) atoms. The first-order valence-corrected chi connectivity index (χ1v) is 10.7. The van der Waals surface area contributed by atoms with E-state index in [1.807, 2.05) is 12.1 Å². The number of rotatable bonds is 6. The van der Waals surface area contributed by atoms with Crippen molar-refractivity contribution in [3.05, 3.63) is 64.9 Å². The molecule has 5 rings (SSSR count). The molecule has 1 aromatic carbocycles. The van der Waals surface area contributed by atoms with Crippen molar-refractivity contribution in [1.29, 1.82) is 0 Å². The lowest BCUT2D eigenvalue weighted by Gasteiger charge is -2.25. The Morgan fingerprint density at radius 3 is 2.97 bits per heavy atom. The number of carbonyl (C=O) groups excluding carboxylic acids is 1. The molecule has 3 aromatic rings. The summed E-state index contributed by atoms with van der Waals surface area (Å²) in [6.45, 7) is 0.508. The highest BCUT2D eigenvalue weighted by molar-refractivity contribution is 5.92. The van der Waals surface area contributed by atoms with Crippen LogP contribution in [-0.2, 0) is 29.0 Å². The van der Waals surface area contributed by atoms with Gasteiger partial charge in [-0.2, -0.15) is 4.39 Å². The fourth-order valence-corrected chi connectivity index (χ4v) is 4.53. The van der Waals surface area contributed by atoms with Crippen molar-refractivity contribution >= 4 is 23.0 Å². The lowest BCUT2D eigenvalue weighted by atomic mass is 9.91. The van der Waals surface area contributed by atoms with Gasteiger partial charge in [0.25, 0.3) is 0 Å². The summed E-state index contributed by atoms with van der Waals surface area (Å²) in [5, 5.41) is 8.27. The van der Waals surface area contributed by atoms with Gasteiger partial charge in [0.2, 0.25) is 11.9 Å². The third-order valence-electron chi connectivity index (χ3n) is 6.19. The molecule has 2 aromatic heterocycles. The summed E-state index contributed by atoms with van der Waals surface area (Å²) in [7, 11) is 1.52. The number of carbonyl (C=O) groups is 1. The minimum absolute atomic E-state index is 0.142. The molecule has 2 heterocycles. The zero-order valence-corrected chi connectivity index (χ0v) is 17.5. The van der Waals surface area contributed by atoms with E-state index in [4.69, 9.17) is 4.84 Å². The van der Waals surface area contributed by atoms with Crippen LogP contribution >= 0.6 is 0 Å². The first kappa shape index (κ1) is 19.7. The van der Waals surface area contributed by atoms with Crippen molar-refractivity contribution < 1.29 is 14.0 Å². The fourth-order valence-electron chi connectivity index (χ4n) is 4.53. The summed E-state index contributed by atoms with van der Waals surface area (Å²) < 4.78 is 15.9. The highest BCUT2D eigenvalue weighted by atomic mass is 19.1. The summed E-state index contributed by atoms with van der Waals surface area (Å²) in [6.07, 6.45) is 6.25. The van der Waals surface area contributed by atoms with E-state index < -0.39 is 5.95 Å². The normalized spacial score (nSPS) is 18.3.